The number of rotatable bonds is 4. The Morgan fingerprint density at radius 2 is 1.93 bits per heavy atom. The molecule has 2 fully saturated rings. The van der Waals surface area contributed by atoms with E-state index in [1.807, 2.05) is 19.0 Å². The molecule has 3 nitrogen and oxygen atoms in total. The molecular formula is C12H22N2O. The van der Waals surface area contributed by atoms with Crippen molar-refractivity contribution >= 4 is 5.91 Å². The van der Waals surface area contributed by atoms with Crippen LogP contribution in [0.1, 0.15) is 25.7 Å². The lowest BCUT2D eigenvalue weighted by Crippen LogP contribution is -2.34. The van der Waals surface area contributed by atoms with Crippen LogP contribution in [0.2, 0.25) is 0 Å². The lowest BCUT2D eigenvalue weighted by atomic mass is 10.0. The van der Waals surface area contributed by atoms with Crippen LogP contribution in [0.3, 0.4) is 0 Å². The highest BCUT2D eigenvalue weighted by atomic mass is 16.2. The highest BCUT2D eigenvalue weighted by molar-refractivity contribution is 5.82. The summed E-state index contributed by atoms with van der Waals surface area (Å²) < 4.78 is 0. The Hall–Kier alpha value is -0.570. The average molecular weight is 210 g/mol. The maximum atomic E-state index is 12.1. The summed E-state index contributed by atoms with van der Waals surface area (Å²) in [5, 5.41) is 3.08. The van der Waals surface area contributed by atoms with Crippen molar-refractivity contribution in [2.45, 2.75) is 25.7 Å². The molecule has 0 aromatic rings. The van der Waals surface area contributed by atoms with Gasteiger partial charge in [0.1, 0.15) is 0 Å². The fourth-order valence-electron chi connectivity index (χ4n) is 3.00. The Balaban J connectivity index is 1.81. The number of fused-ring (bicyclic) bond motifs is 1. The number of likely N-dealkylation sites (N-methyl/N-ethyl adjacent to an activating group) is 2. The van der Waals surface area contributed by atoms with Crippen molar-refractivity contribution in [2.75, 3.05) is 27.2 Å². The molecule has 15 heavy (non-hydrogen) atoms. The van der Waals surface area contributed by atoms with Crippen LogP contribution in [0.4, 0.5) is 0 Å². The summed E-state index contributed by atoms with van der Waals surface area (Å²) in [5.74, 6) is 2.25. The zero-order valence-electron chi connectivity index (χ0n) is 9.83. The SMILES string of the molecule is CNCCN(C)C(=O)C1C2CCCCC21. The molecule has 1 N–H and O–H groups in total. The van der Waals surface area contributed by atoms with Gasteiger partial charge < -0.3 is 10.2 Å². The van der Waals surface area contributed by atoms with Crippen LogP contribution in [0.5, 0.6) is 0 Å². The van der Waals surface area contributed by atoms with E-state index in [1.165, 1.54) is 25.7 Å². The van der Waals surface area contributed by atoms with Gasteiger partial charge in [0.15, 0.2) is 0 Å². The molecule has 1 amide bonds. The molecule has 0 aromatic carbocycles. The lowest BCUT2D eigenvalue weighted by Gasteiger charge is -2.16. The van der Waals surface area contributed by atoms with E-state index in [2.05, 4.69) is 5.32 Å². The van der Waals surface area contributed by atoms with Crippen LogP contribution in [0.15, 0.2) is 0 Å². The van der Waals surface area contributed by atoms with Gasteiger partial charge >= 0.3 is 0 Å². The van der Waals surface area contributed by atoms with E-state index in [4.69, 9.17) is 0 Å². The maximum absolute atomic E-state index is 12.1. The van der Waals surface area contributed by atoms with Crippen LogP contribution in [-0.4, -0.2) is 38.0 Å². The first-order valence-corrected chi connectivity index (χ1v) is 6.15. The van der Waals surface area contributed by atoms with Gasteiger partial charge in [0.25, 0.3) is 0 Å². The number of hydrogen-bond donors (Lipinski definition) is 1. The second-order valence-corrected chi connectivity index (χ2v) is 5.00. The summed E-state index contributed by atoms with van der Waals surface area (Å²) in [5.41, 5.74) is 0. The van der Waals surface area contributed by atoms with Crippen molar-refractivity contribution in [3.05, 3.63) is 0 Å². The Labute approximate surface area is 92.2 Å². The third-order valence-corrected chi connectivity index (χ3v) is 4.02. The van der Waals surface area contributed by atoms with Gasteiger partial charge in [0, 0.05) is 26.1 Å². The molecule has 0 aliphatic heterocycles. The van der Waals surface area contributed by atoms with Crippen LogP contribution >= 0.6 is 0 Å². The number of hydrogen-bond acceptors (Lipinski definition) is 2. The van der Waals surface area contributed by atoms with Gasteiger partial charge in [0.05, 0.1) is 0 Å². The number of nitrogens with zero attached hydrogens (tertiary/aromatic N) is 1. The van der Waals surface area contributed by atoms with E-state index in [0.717, 1.165) is 24.9 Å². The van der Waals surface area contributed by atoms with Crippen LogP contribution < -0.4 is 5.32 Å². The highest BCUT2D eigenvalue weighted by Gasteiger charge is 2.55. The van der Waals surface area contributed by atoms with Gasteiger partial charge in [-0.1, -0.05) is 12.8 Å². The first-order valence-electron chi connectivity index (χ1n) is 6.15. The second-order valence-electron chi connectivity index (χ2n) is 5.00. The topological polar surface area (TPSA) is 32.3 Å². The molecule has 2 aliphatic carbocycles. The number of carbonyl (C=O) groups excluding carboxylic acids is 1. The Kier molecular flexibility index (Phi) is 3.29. The average Bonchev–Trinajstić information content (AvgIpc) is 2.99. The Morgan fingerprint density at radius 3 is 2.47 bits per heavy atom. The minimum Gasteiger partial charge on any atom is -0.344 e. The van der Waals surface area contributed by atoms with Crippen LogP contribution in [0.25, 0.3) is 0 Å². The fourth-order valence-corrected chi connectivity index (χ4v) is 3.00. The maximum Gasteiger partial charge on any atom is 0.226 e. The summed E-state index contributed by atoms with van der Waals surface area (Å²) in [4.78, 5) is 14.0. The van der Waals surface area contributed by atoms with E-state index in [9.17, 15) is 4.79 Å². The van der Waals surface area contributed by atoms with Crippen molar-refractivity contribution in [3.63, 3.8) is 0 Å². The monoisotopic (exact) mass is 210 g/mol. The molecule has 0 saturated heterocycles. The third-order valence-electron chi connectivity index (χ3n) is 4.02. The van der Waals surface area contributed by atoms with Gasteiger partial charge in [-0.25, -0.2) is 0 Å². The predicted molar refractivity (Wildman–Crippen MR) is 60.5 cm³/mol. The zero-order chi connectivity index (χ0) is 10.8. The molecule has 0 radical (unpaired) electrons. The number of carbonyl (C=O) groups is 1. The molecule has 2 saturated carbocycles. The van der Waals surface area contributed by atoms with Crippen molar-refractivity contribution in [1.82, 2.24) is 10.2 Å². The number of nitrogens with one attached hydrogen (secondary N) is 1. The molecule has 0 spiro atoms. The van der Waals surface area contributed by atoms with E-state index in [0.29, 0.717) is 11.8 Å². The molecule has 2 aliphatic rings. The third kappa shape index (κ3) is 2.17. The highest BCUT2D eigenvalue weighted by Crippen LogP contribution is 2.55. The van der Waals surface area contributed by atoms with E-state index in [1.54, 1.807) is 0 Å². The zero-order valence-corrected chi connectivity index (χ0v) is 9.83. The van der Waals surface area contributed by atoms with Crippen molar-refractivity contribution in [1.29, 1.82) is 0 Å². The molecule has 2 atom stereocenters. The van der Waals surface area contributed by atoms with Gasteiger partial charge in [-0.15, -0.1) is 0 Å². The Morgan fingerprint density at radius 1 is 1.33 bits per heavy atom. The number of amides is 1. The van der Waals surface area contributed by atoms with Gasteiger partial charge in [0.2, 0.25) is 5.91 Å². The van der Waals surface area contributed by atoms with E-state index in [-0.39, 0.29) is 0 Å². The van der Waals surface area contributed by atoms with Crippen molar-refractivity contribution in [3.8, 4) is 0 Å². The van der Waals surface area contributed by atoms with E-state index < -0.39 is 0 Å². The largest absolute Gasteiger partial charge is 0.344 e. The smallest absolute Gasteiger partial charge is 0.226 e. The minimum atomic E-state index is 0.384. The second kappa shape index (κ2) is 4.52. The lowest BCUT2D eigenvalue weighted by molar-refractivity contribution is -0.131. The first-order chi connectivity index (χ1) is 7.25. The van der Waals surface area contributed by atoms with Gasteiger partial charge in [-0.3, -0.25) is 4.79 Å². The summed E-state index contributed by atoms with van der Waals surface area (Å²) >= 11 is 0. The summed E-state index contributed by atoms with van der Waals surface area (Å²) in [6, 6.07) is 0. The normalized spacial score (nSPS) is 33.3. The molecule has 86 valence electrons. The predicted octanol–water partition coefficient (Wildman–Crippen LogP) is 1.10. The quantitative estimate of drug-likeness (QED) is 0.753. The molecule has 0 heterocycles. The molecule has 2 rings (SSSR count). The summed E-state index contributed by atoms with van der Waals surface area (Å²) in [7, 11) is 3.86. The van der Waals surface area contributed by atoms with Gasteiger partial charge in [-0.2, -0.15) is 0 Å². The Bertz CT molecular complexity index is 230. The van der Waals surface area contributed by atoms with Crippen LogP contribution in [-0.2, 0) is 4.79 Å². The van der Waals surface area contributed by atoms with Crippen molar-refractivity contribution < 1.29 is 4.79 Å². The molecule has 2 unspecified atom stereocenters. The molecule has 3 heteroatoms. The van der Waals surface area contributed by atoms with Crippen molar-refractivity contribution in [2.24, 2.45) is 17.8 Å². The van der Waals surface area contributed by atoms with E-state index >= 15 is 0 Å². The molecule has 0 bridgehead atoms. The molecule has 0 aromatic heterocycles. The fraction of sp³-hybridized carbons (Fsp3) is 0.917. The summed E-state index contributed by atoms with van der Waals surface area (Å²) in [6.45, 7) is 1.73. The molecular weight excluding hydrogens is 188 g/mol. The minimum absolute atomic E-state index is 0.384. The standard InChI is InChI=1S/C12H22N2O/c1-13-7-8-14(2)12(15)11-9-5-3-4-6-10(9)11/h9-11,13H,3-8H2,1-2H3. The van der Waals surface area contributed by atoms with Gasteiger partial charge in [-0.05, 0) is 31.7 Å². The first kappa shape index (κ1) is 10.9. The van der Waals surface area contributed by atoms with Crippen LogP contribution in [0, 0.1) is 17.8 Å². The summed E-state index contributed by atoms with van der Waals surface area (Å²) in [6.07, 6.45) is 5.26.